The van der Waals surface area contributed by atoms with E-state index in [4.69, 9.17) is 14.3 Å². The number of amides is 2. The van der Waals surface area contributed by atoms with Crippen molar-refractivity contribution in [3.63, 3.8) is 0 Å². The van der Waals surface area contributed by atoms with Gasteiger partial charge in [-0.3, -0.25) is 19.8 Å². The normalized spacial score (nSPS) is 39.5. The molecule has 9 heteroatoms. The molecule has 5 fully saturated rings. The molecule has 2 amide bonds. The molecule has 0 aromatic heterocycles. The predicted molar refractivity (Wildman–Crippen MR) is 112 cm³/mol. The lowest BCUT2D eigenvalue weighted by molar-refractivity contribution is -0.136. The molecule has 5 rings (SSSR count). The summed E-state index contributed by atoms with van der Waals surface area (Å²) in [6, 6.07) is 0.267. The molecular weight excluding hydrogens is 400 g/mol. The highest BCUT2D eigenvalue weighted by molar-refractivity contribution is 5.78. The van der Waals surface area contributed by atoms with Crippen molar-refractivity contribution >= 4 is 12.0 Å². The van der Waals surface area contributed by atoms with Gasteiger partial charge in [0, 0.05) is 24.9 Å². The first-order chi connectivity index (χ1) is 14.9. The molecule has 5 unspecified atom stereocenters. The molecule has 5 atom stereocenters. The molecule has 0 radical (unpaired) electrons. The number of hydrogen-bond donors (Lipinski definition) is 2. The zero-order valence-corrected chi connectivity index (χ0v) is 18.8. The van der Waals surface area contributed by atoms with Crippen molar-refractivity contribution in [1.29, 1.82) is 0 Å². The first-order valence-electron chi connectivity index (χ1n) is 11.9. The molecule has 4 aliphatic heterocycles. The molecule has 4 saturated heterocycles. The van der Waals surface area contributed by atoms with Gasteiger partial charge in [0.05, 0.1) is 31.0 Å². The summed E-state index contributed by atoms with van der Waals surface area (Å²) in [6.45, 7) is 8.92. The third-order valence-corrected chi connectivity index (χ3v) is 8.01. The highest BCUT2D eigenvalue weighted by Gasteiger charge is 2.53. The van der Waals surface area contributed by atoms with Crippen LogP contribution in [0.15, 0.2) is 0 Å². The van der Waals surface area contributed by atoms with Crippen LogP contribution in [-0.4, -0.2) is 78.2 Å². The summed E-state index contributed by atoms with van der Waals surface area (Å²) in [7, 11) is 0. The molecule has 1 aliphatic carbocycles. The standard InChI is InChI=1S/C22H36N4O5/c1-13(2)20(27)25-8-6-15(7-9-25)22(3)23-19(31-24-22)14-4-5-18-17(10-14)26(21(28)30-18)16-11-29-12-16/h13-19,23-24H,4-12H2,1-3H3. The highest BCUT2D eigenvalue weighted by Crippen LogP contribution is 2.40. The van der Waals surface area contributed by atoms with Crippen LogP contribution in [0, 0.1) is 17.8 Å². The fraction of sp³-hybridized carbons (Fsp3) is 0.909. The Morgan fingerprint density at radius 3 is 2.55 bits per heavy atom. The van der Waals surface area contributed by atoms with Gasteiger partial charge in [0.15, 0.2) is 0 Å². The van der Waals surface area contributed by atoms with Crippen LogP contribution in [0.25, 0.3) is 0 Å². The molecule has 0 aromatic carbocycles. The van der Waals surface area contributed by atoms with E-state index in [1.807, 2.05) is 23.6 Å². The fourth-order valence-electron chi connectivity index (χ4n) is 5.98. The molecule has 4 heterocycles. The van der Waals surface area contributed by atoms with E-state index in [1.165, 1.54) is 0 Å². The first kappa shape index (κ1) is 21.4. The van der Waals surface area contributed by atoms with Gasteiger partial charge in [-0.25, -0.2) is 4.79 Å². The van der Waals surface area contributed by atoms with E-state index >= 15 is 0 Å². The number of ether oxygens (including phenoxy) is 2. The van der Waals surface area contributed by atoms with Crippen LogP contribution in [0.5, 0.6) is 0 Å². The Labute approximate surface area is 184 Å². The van der Waals surface area contributed by atoms with Gasteiger partial charge in [0.1, 0.15) is 12.3 Å². The zero-order valence-electron chi connectivity index (χ0n) is 18.8. The number of hydrogen-bond acceptors (Lipinski definition) is 7. The Bertz CT molecular complexity index is 708. The highest BCUT2D eigenvalue weighted by atomic mass is 16.7. The quantitative estimate of drug-likeness (QED) is 0.689. The van der Waals surface area contributed by atoms with Gasteiger partial charge in [-0.1, -0.05) is 13.8 Å². The van der Waals surface area contributed by atoms with E-state index in [0.717, 1.165) is 45.2 Å². The van der Waals surface area contributed by atoms with Crippen LogP contribution < -0.4 is 10.8 Å². The lowest BCUT2D eigenvalue weighted by Crippen LogP contribution is -2.58. The van der Waals surface area contributed by atoms with Gasteiger partial charge in [-0.05, 0) is 44.9 Å². The Morgan fingerprint density at radius 2 is 1.90 bits per heavy atom. The van der Waals surface area contributed by atoms with Crippen LogP contribution in [0.1, 0.15) is 52.9 Å². The number of likely N-dealkylation sites (tertiary alicyclic amines) is 1. The van der Waals surface area contributed by atoms with Gasteiger partial charge < -0.3 is 14.4 Å². The number of rotatable bonds is 4. The Morgan fingerprint density at radius 1 is 1.16 bits per heavy atom. The zero-order chi connectivity index (χ0) is 21.8. The third kappa shape index (κ3) is 3.83. The first-order valence-corrected chi connectivity index (χ1v) is 11.9. The molecule has 0 aromatic rings. The number of nitrogens with zero attached hydrogens (tertiary/aromatic N) is 2. The topological polar surface area (TPSA) is 92.4 Å². The largest absolute Gasteiger partial charge is 0.444 e. The van der Waals surface area contributed by atoms with E-state index in [-0.39, 0.29) is 48.0 Å². The molecule has 5 aliphatic rings. The summed E-state index contributed by atoms with van der Waals surface area (Å²) in [6.07, 6.45) is 4.36. The molecule has 0 spiro atoms. The molecule has 174 valence electrons. The lowest BCUT2D eigenvalue weighted by atomic mass is 9.81. The number of carbonyl (C=O) groups excluding carboxylic acids is 2. The summed E-state index contributed by atoms with van der Waals surface area (Å²) >= 11 is 0. The fourth-order valence-corrected chi connectivity index (χ4v) is 5.98. The molecule has 1 saturated carbocycles. The molecule has 31 heavy (non-hydrogen) atoms. The van der Waals surface area contributed by atoms with Crippen molar-refractivity contribution in [2.24, 2.45) is 17.8 Å². The van der Waals surface area contributed by atoms with Gasteiger partial charge in [0.2, 0.25) is 5.91 Å². The van der Waals surface area contributed by atoms with Gasteiger partial charge in [0.25, 0.3) is 0 Å². The SMILES string of the molecule is CC(C)C(=O)N1CCC(C2(C)NOC(C3CCC4OC(=O)N(C5COC5)C4C3)N2)CC1. The summed E-state index contributed by atoms with van der Waals surface area (Å²) in [5.74, 6) is 1.01. The van der Waals surface area contributed by atoms with Crippen LogP contribution in [-0.2, 0) is 19.1 Å². The monoisotopic (exact) mass is 436 g/mol. The van der Waals surface area contributed by atoms with Crippen molar-refractivity contribution in [2.75, 3.05) is 26.3 Å². The van der Waals surface area contributed by atoms with Gasteiger partial charge >= 0.3 is 6.09 Å². The van der Waals surface area contributed by atoms with Crippen LogP contribution in [0.4, 0.5) is 4.79 Å². The van der Waals surface area contributed by atoms with Crippen molar-refractivity contribution in [3.05, 3.63) is 0 Å². The van der Waals surface area contributed by atoms with Crippen molar-refractivity contribution in [3.8, 4) is 0 Å². The van der Waals surface area contributed by atoms with Crippen LogP contribution in [0.3, 0.4) is 0 Å². The van der Waals surface area contributed by atoms with E-state index in [2.05, 4.69) is 17.7 Å². The summed E-state index contributed by atoms with van der Waals surface area (Å²) in [5.41, 5.74) is 2.99. The number of fused-ring (bicyclic) bond motifs is 1. The number of hydroxylamine groups is 1. The van der Waals surface area contributed by atoms with Gasteiger partial charge in [-0.2, -0.15) is 5.48 Å². The Kier molecular flexibility index (Phi) is 5.65. The molecule has 9 nitrogen and oxygen atoms in total. The van der Waals surface area contributed by atoms with Gasteiger partial charge in [-0.15, -0.1) is 0 Å². The maximum atomic E-state index is 12.4. The van der Waals surface area contributed by atoms with Crippen molar-refractivity contribution in [1.82, 2.24) is 20.6 Å². The average Bonchev–Trinajstić information content (AvgIpc) is 3.27. The summed E-state index contributed by atoms with van der Waals surface area (Å²) in [5, 5.41) is 3.73. The van der Waals surface area contributed by atoms with E-state index in [1.54, 1.807) is 0 Å². The van der Waals surface area contributed by atoms with Crippen LogP contribution in [0.2, 0.25) is 0 Å². The minimum absolute atomic E-state index is 0.00656. The van der Waals surface area contributed by atoms with Crippen LogP contribution >= 0.6 is 0 Å². The second-order valence-corrected chi connectivity index (χ2v) is 10.4. The number of piperidine rings is 1. The van der Waals surface area contributed by atoms with E-state index in [0.29, 0.717) is 25.0 Å². The predicted octanol–water partition coefficient (Wildman–Crippen LogP) is 1.44. The Balaban J connectivity index is 1.18. The maximum Gasteiger partial charge on any atom is 0.410 e. The second kappa shape index (κ2) is 8.17. The smallest absolute Gasteiger partial charge is 0.410 e. The summed E-state index contributed by atoms with van der Waals surface area (Å²) in [4.78, 5) is 34.7. The minimum Gasteiger partial charge on any atom is -0.444 e. The lowest BCUT2D eigenvalue weighted by Gasteiger charge is -2.42. The second-order valence-electron chi connectivity index (χ2n) is 10.4. The van der Waals surface area contributed by atoms with E-state index < -0.39 is 0 Å². The van der Waals surface area contributed by atoms with Crippen molar-refractivity contribution in [2.45, 2.75) is 83.0 Å². The Hall–Kier alpha value is -1.42. The molecule has 0 bridgehead atoms. The minimum atomic E-state index is -0.308. The van der Waals surface area contributed by atoms with Crippen molar-refractivity contribution < 1.29 is 23.9 Å². The maximum absolute atomic E-state index is 12.4. The molecular formula is C22H36N4O5. The number of carbonyl (C=O) groups is 2. The van der Waals surface area contributed by atoms with E-state index in [9.17, 15) is 9.59 Å². The average molecular weight is 437 g/mol. The summed E-state index contributed by atoms with van der Waals surface area (Å²) < 4.78 is 11.0. The molecule has 2 N–H and O–H groups in total. The third-order valence-electron chi connectivity index (χ3n) is 8.01. The number of nitrogens with one attached hydrogen (secondary N) is 2.